The van der Waals surface area contributed by atoms with E-state index in [9.17, 15) is 20.2 Å². The Bertz CT molecular complexity index is 1210. The number of benzene rings is 3. The number of nitrogens with zero attached hydrogens (tertiary/aromatic N) is 4. The van der Waals surface area contributed by atoms with Gasteiger partial charge in [0.15, 0.2) is 5.52 Å². The minimum atomic E-state index is -0.763. The van der Waals surface area contributed by atoms with Crippen LogP contribution in [0.2, 0.25) is 0 Å². The highest BCUT2D eigenvalue weighted by molar-refractivity contribution is 6.01. The molecule has 0 unspecified atom stereocenters. The second kappa shape index (κ2) is 6.76. The zero-order valence-corrected chi connectivity index (χ0v) is 14.1. The van der Waals surface area contributed by atoms with Crippen molar-refractivity contribution in [2.24, 2.45) is 0 Å². The number of aromatic nitrogens is 2. The van der Waals surface area contributed by atoms with Gasteiger partial charge >= 0.3 is 11.4 Å². The van der Waals surface area contributed by atoms with Crippen LogP contribution in [-0.2, 0) is 0 Å². The van der Waals surface area contributed by atoms with Crippen LogP contribution in [0.3, 0.4) is 0 Å². The molecule has 138 valence electrons. The van der Waals surface area contributed by atoms with Gasteiger partial charge in [0.1, 0.15) is 5.69 Å². The van der Waals surface area contributed by atoms with Gasteiger partial charge in [-0.1, -0.05) is 48.5 Å². The SMILES string of the molecule is O=[N+]([O-])c1cc([N+](=O)[O-])c2nonc2c1Nc1ccccc1-c1ccccc1. The van der Waals surface area contributed by atoms with Gasteiger partial charge in [0, 0.05) is 11.3 Å². The summed E-state index contributed by atoms with van der Waals surface area (Å²) in [6.07, 6.45) is 0. The van der Waals surface area contributed by atoms with Gasteiger partial charge in [0.2, 0.25) is 5.52 Å². The molecule has 4 aromatic rings. The molecule has 0 fully saturated rings. The molecule has 10 heteroatoms. The van der Waals surface area contributed by atoms with Crippen molar-refractivity contribution in [3.05, 3.63) is 80.9 Å². The van der Waals surface area contributed by atoms with E-state index in [1.165, 1.54) is 0 Å². The zero-order chi connectivity index (χ0) is 19.7. The van der Waals surface area contributed by atoms with E-state index in [1.54, 1.807) is 12.1 Å². The topological polar surface area (TPSA) is 137 Å². The second-order valence-corrected chi connectivity index (χ2v) is 5.80. The smallest absolute Gasteiger partial charge is 0.307 e. The fourth-order valence-electron chi connectivity index (χ4n) is 2.91. The first-order valence-corrected chi connectivity index (χ1v) is 8.06. The first-order chi connectivity index (χ1) is 13.6. The lowest BCUT2D eigenvalue weighted by molar-refractivity contribution is -0.392. The predicted molar refractivity (Wildman–Crippen MR) is 100 cm³/mol. The van der Waals surface area contributed by atoms with Crippen LogP contribution < -0.4 is 5.32 Å². The summed E-state index contributed by atoms with van der Waals surface area (Å²) in [5.41, 5.74) is 0.900. The van der Waals surface area contributed by atoms with E-state index < -0.39 is 21.2 Å². The Hall–Kier alpha value is -4.34. The molecule has 10 nitrogen and oxygen atoms in total. The molecule has 3 aromatic carbocycles. The standard InChI is InChI=1S/C18H11N5O5/c24-22(25)14-10-15(23(26)27)17-18(21-28-20-17)16(14)19-13-9-5-4-8-12(13)11-6-2-1-3-7-11/h1-10,19H. The number of hydrogen-bond acceptors (Lipinski definition) is 8. The van der Waals surface area contributed by atoms with E-state index in [0.717, 1.165) is 17.2 Å². The van der Waals surface area contributed by atoms with Crippen molar-refractivity contribution >= 4 is 33.8 Å². The lowest BCUT2D eigenvalue weighted by Crippen LogP contribution is -2.01. The Morgan fingerprint density at radius 3 is 2.18 bits per heavy atom. The third-order valence-corrected chi connectivity index (χ3v) is 4.16. The molecule has 0 atom stereocenters. The Labute approximate surface area is 156 Å². The lowest BCUT2D eigenvalue weighted by atomic mass is 10.0. The Kier molecular flexibility index (Phi) is 4.13. The van der Waals surface area contributed by atoms with Crippen LogP contribution in [0, 0.1) is 20.2 Å². The number of non-ortho nitro benzene ring substituents is 1. The quantitative estimate of drug-likeness (QED) is 0.398. The number of para-hydroxylation sites is 1. The minimum absolute atomic E-state index is 0.0322. The fraction of sp³-hybridized carbons (Fsp3) is 0. The van der Waals surface area contributed by atoms with Gasteiger partial charge in [-0.2, -0.15) is 0 Å². The molecule has 28 heavy (non-hydrogen) atoms. The maximum absolute atomic E-state index is 11.6. The maximum atomic E-state index is 11.6. The summed E-state index contributed by atoms with van der Waals surface area (Å²) >= 11 is 0. The molecular formula is C18H11N5O5. The molecule has 0 saturated carbocycles. The summed E-state index contributed by atoms with van der Waals surface area (Å²) in [7, 11) is 0. The molecule has 0 aliphatic rings. The monoisotopic (exact) mass is 377 g/mol. The zero-order valence-electron chi connectivity index (χ0n) is 14.1. The number of rotatable bonds is 5. The summed E-state index contributed by atoms with van der Waals surface area (Å²) in [6, 6.07) is 17.5. The van der Waals surface area contributed by atoms with Crippen LogP contribution in [0.15, 0.2) is 65.3 Å². The largest absolute Gasteiger partial charge is 0.347 e. The van der Waals surface area contributed by atoms with E-state index >= 15 is 0 Å². The van der Waals surface area contributed by atoms with Gasteiger partial charge in [0.25, 0.3) is 0 Å². The molecule has 0 radical (unpaired) electrons. The number of nitro groups is 2. The third-order valence-electron chi connectivity index (χ3n) is 4.16. The van der Waals surface area contributed by atoms with E-state index in [1.807, 2.05) is 42.5 Å². The molecule has 4 rings (SSSR count). The fourth-order valence-corrected chi connectivity index (χ4v) is 2.91. The van der Waals surface area contributed by atoms with Crippen molar-refractivity contribution in [1.82, 2.24) is 10.3 Å². The number of fused-ring (bicyclic) bond motifs is 1. The van der Waals surface area contributed by atoms with E-state index in [2.05, 4.69) is 20.3 Å². The number of hydrogen-bond donors (Lipinski definition) is 1. The summed E-state index contributed by atoms with van der Waals surface area (Å²) in [6.45, 7) is 0. The second-order valence-electron chi connectivity index (χ2n) is 5.80. The number of nitrogens with one attached hydrogen (secondary N) is 1. The van der Waals surface area contributed by atoms with Crippen molar-refractivity contribution in [3.8, 4) is 11.1 Å². The Morgan fingerprint density at radius 1 is 0.821 bits per heavy atom. The summed E-state index contributed by atoms with van der Waals surface area (Å²) in [4.78, 5) is 21.3. The molecular weight excluding hydrogens is 366 g/mol. The van der Waals surface area contributed by atoms with Gasteiger partial charge in [-0.05, 0) is 21.9 Å². The highest BCUT2D eigenvalue weighted by Crippen LogP contribution is 2.40. The molecule has 0 bridgehead atoms. The average Bonchev–Trinajstić information content (AvgIpc) is 3.18. The third kappa shape index (κ3) is 2.88. The van der Waals surface area contributed by atoms with Gasteiger partial charge in [-0.25, -0.2) is 4.63 Å². The summed E-state index contributed by atoms with van der Waals surface area (Å²) in [5, 5.41) is 33.0. The van der Waals surface area contributed by atoms with Gasteiger partial charge in [-0.3, -0.25) is 20.2 Å². The predicted octanol–water partition coefficient (Wildman–Crippen LogP) is 4.45. The molecule has 0 aliphatic carbocycles. The van der Waals surface area contributed by atoms with Crippen LogP contribution in [-0.4, -0.2) is 20.2 Å². The van der Waals surface area contributed by atoms with Crippen molar-refractivity contribution < 1.29 is 14.5 Å². The first kappa shape index (κ1) is 17.1. The van der Waals surface area contributed by atoms with Gasteiger partial charge < -0.3 is 5.32 Å². The molecule has 0 saturated heterocycles. The highest BCUT2D eigenvalue weighted by atomic mass is 16.6. The Morgan fingerprint density at radius 2 is 1.46 bits per heavy atom. The minimum Gasteiger partial charge on any atom is -0.347 e. The van der Waals surface area contributed by atoms with Crippen molar-refractivity contribution in [2.75, 3.05) is 5.32 Å². The van der Waals surface area contributed by atoms with E-state index in [0.29, 0.717) is 5.69 Å². The first-order valence-electron chi connectivity index (χ1n) is 8.06. The maximum Gasteiger partial charge on any atom is 0.307 e. The molecule has 1 aromatic heterocycles. The van der Waals surface area contributed by atoms with Crippen LogP contribution >= 0.6 is 0 Å². The van der Waals surface area contributed by atoms with Crippen molar-refractivity contribution in [1.29, 1.82) is 0 Å². The Balaban J connectivity index is 1.92. The number of anilines is 2. The van der Waals surface area contributed by atoms with E-state index in [-0.39, 0.29) is 16.7 Å². The molecule has 0 aliphatic heterocycles. The van der Waals surface area contributed by atoms with Crippen LogP contribution in [0.5, 0.6) is 0 Å². The summed E-state index contributed by atoms with van der Waals surface area (Å²) < 4.78 is 4.62. The van der Waals surface area contributed by atoms with Crippen LogP contribution in [0.25, 0.3) is 22.2 Å². The lowest BCUT2D eigenvalue weighted by Gasteiger charge is -2.12. The number of nitro benzene ring substituents is 2. The summed E-state index contributed by atoms with van der Waals surface area (Å²) in [5.74, 6) is 0. The van der Waals surface area contributed by atoms with Crippen LogP contribution in [0.4, 0.5) is 22.7 Å². The van der Waals surface area contributed by atoms with E-state index in [4.69, 9.17) is 0 Å². The molecule has 0 amide bonds. The van der Waals surface area contributed by atoms with Gasteiger partial charge in [-0.15, -0.1) is 0 Å². The normalized spacial score (nSPS) is 10.7. The highest BCUT2D eigenvalue weighted by Gasteiger charge is 2.30. The average molecular weight is 377 g/mol. The van der Waals surface area contributed by atoms with Gasteiger partial charge in [0.05, 0.1) is 15.9 Å². The van der Waals surface area contributed by atoms with Crippen molar-refractivity contribution in [2.45, 2.75) is 0 Å². The molecule has 1 heterocycles. The van der Waals surface area contributed by atoms with Crippen LogP contribution in [0.1, 0.15) is 0 Å². The van der Waals surface area contributed by atoms with Crippen molar-refractivity contribution in [3.63, 3.8) is 0 Å². The molecule has 0 spiro atoms. The molecule has 1 N–H and O–H groups in total.